The number of ether oxygens (including phenoxy) is 2. The fourth-order valence-corrected chi connectivity index (χ4v) is 8.02. The second-order valence-corrected chi connectivity index (χ2v) is 14.2. The van der Waals surface area contributed by atoms with Crippen molar-refractivity contribution in [2.45, 2.75) is 30.8 Å². The van der Waals surface area contributed by atoms with E-state index >= 15 is 0 Å². The van der Waals surface area contributed by atoms with Gasteiger partial charge in [0, 0.05) is 36.2 Å². The van der Waals surface area contributed by atoms with Crippen LogP contribution >= 0.6 is 35.6 Å². The van der Waals surface area contributed by atoms with E-state index in [4.69, 9.17) is 37.7 Å². The number of halogens is 3. The van der Waals surface area contributed by atoms with E-state index in [9.17, 15) is 18.0 Å². The molecule has 0 unspecified atom stereocenters. The van der Waals surface area contributed by atoms with Crippen LogP contribution in [0.15, 0.2) is 70.6 Å². The average Bonchev–Trinajstić information content (AvgIpc) is 3.46. The molecule has 0 spiro atoms. The van der Waals surface area contributed by atoms with Crippen molar-refractivity contribution >= 4 is 63.4 Å². The SMILES string of the molecule is CCOc1cc(C)c(S(=O)(=O)N2CCOCC2)cc1C1=N[C@@H](c2ccc(Cl)cc2)[C@@H](c2ccc(Cl)cc2)N1C(=O)N1CCNC(=O)C1.Cl. The van der Waals surface area contributed by atoms with Gasteiger partial charge < -0.3 is 19.7 Å². The molecule has 2 saturated heterocycles. The standard InChI is InChI=1S/C33H35Cl2N5O6S.ClH/c1-3-46-27-18-21(2)28(47(43,44)39-14-16-45-17-15-39)19-26(27)32-37-30(22-4-8-24(34)9-5-22)31(23-6-10-25(35)11-7-23)40(32)33(42)38-13-12-36-29(41)20-38;/h4-11,18-19,30-31H,3,12-17,20H2,1-2H3,(H,36,41);1H/t30-,31+;/m0./s1. The Hall–Kier alpha value is -3.39. The number of nitrogens with zero attached hydrogens (tertiary/aromatic N) is 4. The highest BCUT2D eigenvalue weighted by molar-refractivity contribution is 7.89. The van der Waals surface area contributed by atoms with Crippen LogP contribution in [0.3, 0.4) is 0 Å². The number of hydrogen-bond donors (Lipinski definition) is 1. The van der Waals surface area contributed by atoms with Gasteiger partial charge in [-0.25, -0.2) is 13.2 Å². The molecule has 48 heavy (non-hydrogen) atoms. The van der Waals surface area contributed by atoms with E-state index in [1.54, 1.807) is 48.2 Å². The Morgan fingerprint density at radius 2 is 1.62 bits per heavy atom. The van der Waals surface area contributed by atoms with E-state index in [-0.39, 0.29) is 61.8 Å². The van der Waals surface area contributed by atoms with Crippen molar-refractivity contribution in [3.05, 3.63) is 93.0 Å². The van der Waals surface area contributed by atoms with Gasteiger partial charge in [-0.2, -0.15) is 4.31 Å². The van der Waals surface area contributed by atoms with Gasteiger partial charge in [0.15, 0.2) is 0 Å². The molecule has 0 aliphatic carbocycles. The third-order valence-electron chi connectivity index (χ3n) is 8.41. The summed E-state index contributed by atoms with van der Waals surface area (Å²) < 4.78 is 40.9. The van der Waals surface area contributed by atoms with E-state index in [2.05, 4.69) is 5.32 Å². The lowest BCUT2D eigenvalue weighted by atomic mass is 9.93. The molecule has 1 N–H and O–H groups in total. The first-order valence-corrected chi connectivity index (χ1v) is 17.6. The predicted octanol–water partition coefficient (Wildman–Crippen LogP) is 5.24. The van der Waals surface area contributed by atoms with Crippen molar-refractivity contribution in [1.29, 1.82) is 0 Å². The van der Waals surface area contributed by atoms with Crippen LogP contribution in [-0.2, 0) is 19.6 Å². The summed E-state index contributed by atoms with van der Waals surface area (Å²) >= 11 is 12.5. The van der Waals surface area contributed by atoms with Gasteiger partial charge in [0.1, 0.15) is 24.2 Å². The predicted molar refractivity (Wildman–Crippen MR) is 186 cm³/mol. The molecule has 0 saturated carbocycles. The second kappa shape index (κ2) is 15.0. The number of amidine groups is 1. The molecule has 2 fully saturated rings. The van der Waals surface area contributed by atoms with Gasteiger partial charge in [-0.05, 0) is 66.9 Å². The van der Waals surface area contributed by atoms with Crippen molar-refractivity contribution in [3.8, 4) is 5.75 Å². The van der Waals surface area contributed by atoms with E-state index in [0.717, 1.165) is 11.1 Å². The van der Waals surface area contributed by atoms with Crippen LogP contribution in [0.5, 0.6) is 5.75 Å². The number of aliphatic imine (C=N–C) groups is 1. The Kier molecular flexibility index (Phi) is 11.2. The lowest BCUT2D eigenvalue weighted by molar-refractivity contribution is -0.123. The molecule has 0 bridgehead atoms. The summed E-state index contributed by atoms with van der Waals surface area (Å²) in [6, 6.07) is 15.9. The fourth-order valence-electron chi connectivity index (χ4n) is 6.12. The molecule has 0 radical (unpaired) electrons. The van der Waals surface area contributed by atoms with Crippen molar-refractivity contribution in [2.24, 2.45) is 4.99 Å². The van der Waals surface area contributed by atoms with Crippen LogP contribution in [0.4, 0.5) is 4.79 Å². The average molecular weight is 737 g/mol. The van der Waals surface area contributed by atoms with Crippen molar-refractivity contribution in [3.63, 3.8) is 0 Å². The summed E-state index contributed by atoms with van der Waals surface area (Å²) in [6.07, 6.45) is 0. The molecule has 15 heteroatoms. The third kappa shape index (κ3) is 7.15. The number of rotatable bonds is 7. The molecular formula is C33H36Cl3N5O6S. The lowest BCUT2D eigenvalue weighted by Crippen LogP contribution is -2.55. The maximum absolute atomic E-state index is 14.6. The van der Waals surface area contributed by atoms with Gasteiger partial charge in [0.25, 0.3) is 0 Å². The Morgan fingerprint density at radius 3 is 2.23 bits per heavy atom. The smallest absolute Gasteiger partial charge is 0.326 e. The number of aryl methyl sites for hydroxylation is 1. The summed E-state index contributed by atoms with van der Waals surface area (Å²) in [4.78, 5) is 35.4. The Balaban J connectivity index is 0.00000451. The summed E-state index contributed by atoms with van der Waals surface area (Å²) in [7, 11) is -3.94. The molecule has 3 amide bonds. The normalized spacial score (nSPS) is 20.2. The number of hydrogen-bond acceptors (Lipinski definition) is 7. The van der Waals surface area contributed by atoms with E-state index < -0.39 is 28.1 Å². The highest BCUT2D eigenvalue weighted by Gasteiger charge is 2.45. The molecule has 3 aliphatic heterocycles. The van der Waals surface area contributed by atoms with Crippen LogP contribution in [-0.4, -0.2) is 92.8 Å². The van der Waals surface area contributed by atoms with E-state index in [0.29, 0.717) is 46.7 Å². The third-order valence-corrected chi connectivity index (χ3v) is 11.0. The van der Waals surface area contributed by atoms with Gasteiger partial charge in [-0.3, -0.25) is 14.7 Å². The van der Waals surface area contributed by atoms with Gasteiger partial charge in [0.2, 0.25) is 15.9 Å². The maximum atomic E-state index is 14.6. The van der Waals surface area contributed by atoms with E-state index in [1.165, 1.54) is 9.21 Å². The number of benzene rings is 3. The zero-order chi connectivity index (χ0) is 33.3. The van der Waals surface area contributed by atoms with E-state index in [1.807, 2.05) is 31.2 Å². The number of piperazine rings is 1. The molecule has 256 valence electrons. The number of carbonyl (C=O) groups is 2. The van der Waals surface area contributed by atoms with Gasteiger partial charge in [0.05, 0.1) is 36.3 Å². The first-order chi connectivity index (χ1) is 22.6. The molecule has 3 aromatic carbocycles. The minimum absolute atomic E-state index is 0. The summed E-state index contributed by atoms with van der Waals surface area (Å²) in [5.41, 5.74) is 2.37. The summed E-state index contributed by atoms with van der Waals surface area (Å²) in [5.74, 6) is 0.331. The van der Waals surface area contributed by atoms with Crippen LogP contribution in [0, 0.1) is 6.92 Å². The van der Waals surface area contributed by atoms with Crippen LogP contribution < -0.4 is 10.1 Å². The number of nitrogens with one attached hydrogen (secondary N) is 1. The largest absolute Gasteiger partial charge is 0.493 e. The van der Waals surface area contributed by atoms with Crippen LogP contribution in [0.1, 0.15) is 41.3 Å². The highest BCUT2D eigenvalue weighted by Crippen LogP contribution is 2.46. The molecule has 2 atom stereocenters. The van der Waals surface area contributed by atoms with Crippen LogP contribution in [0.25, 0.3) is 0 Å². The minimum atomic E-state index is -3.94. The maximum Gasteiger partial charge on any atom is 0.326 e. The first kappa shape index (κ1) is 35.9. The van der Waals surface area contributed by atoms with Crippen LogP contribution in [0.2, 0.25) is 10.0 Å². The Morgan fingerprint density at radius 1 is 1.00 bits per heavy atom. The number of amides is 3. The number of morpholine rings is 1. The monoisotopic (exact) mass is 735 g/mol. The summed E-state index contributed by atoms with van der Waals surface area (Å²) in [5, 5.41) is 3.84. The summed E-state index contributed by atoms with van der Waals surface area (Å²) in [6.45, 7) is 5.34. The number of carbonyl (C=O) groups excluding carboxylic acids is 2. The number of sulfonamides is 1. The zero-order valence-corrected chi connectivity index (χ0v) is 29.5. The second-order valence-electron chi connectivity index (χ2n) is 11.4. The van der Waals surface area contributed by atoms with Gasteiger partial charge >= 0.3 is 6.03 Å². The van der Waals surface area contributed by atoms with Gasteiger partial charge in [-0.15, -0.1) is 12.4 Å². The molecule has 3 heterocycles. The number of urea groups is 1. The molecule has 3 aliphatic rings. The fraction of sp³-hybridized carbons (Fsp3) is 0.364. The Bertz CT molecular complexity index is 1800. The molecular weight excluding hydrogens is 701 g/mol. The lowest BCUT2D eigenvalue weighted by Gasteiger charge is -2.36. The highest BCUT2D eigenvalue weighted by atomic mass is 35.5. The first-order valence-electron chi connectivity index (χ1n) is 15.4. The van der Waals surface area contributed by atoms with Crippen molar-refractivity contribution in [1.82, 2.24) is 19.4 Å². The molecule has 3 aromatic rings. The van der Waals surface area contributed by atoms with Crippen molar-refractivity contribution < 1.29 is 27.5 Å². The quantitative estimate of drug-likeness (QED) is 0.355. The minimum Gasteiger partial charge on any atom is -0.493 e. The Labute approximate surface area is 296 Å². The zero-order valence-electron chi connectivity index (χ0n) is 26.4. The molecule has 0 aromatic heterocycles. The molecule has 11 nitrogen and oxygen atoms in total. The van der Waals surface area contributed by atoms with Gasteiger partial charge in [-0.1, -0.05) is 47.5 Å². The molecule has 6 rings (SSSR count). The van der Waals surface area contributed by atoms with Crippen molar-refractivity contribution in [2.75, 3.05) is 52.5 Å². The topological polar surface area (TPSA) is 121 Å².